The highest BCUT2D eigenvalue weighted by Crippen LogP contribution is 2.22. The molecule has 0 bridgehead atoms. The van der Waals surface area contributed by atoms with Crippen LogP contribution in [0.25, 0.3) is 0 Å². The third-order valence-electron chi connectivity index (χ3n) is 3.40. The van der Waals surface area contributed by atoms with Crippen molar-refractivity contribution in [3.05, 3.63) is 51.7 Å². The van der Waals surface area contributed by atoms with E-state index in [1.165, 1.54) is 11.3 Å². The van der Waals surface area contributed by atoms with E-state index in [-0.39, 0.29) is 18.3 Å². The molecule has 5 nitrogen and oxygen atoms in total. The van der Waals surface area contributed by atoms with Crippen LogP contribution in [-0.4, -0.2) is 18.3 Å². The molecular formula is C17H21N3O2S. The lowest BCUT2D eigenvalue weighted by Gasteiger charge is -2.14. The van der Waals surface area contributed by atoms with Gasteiger partial charge in [0.25, 0.3) is 5.91 Å². The van der Waals surface area contributed by atoms with Crippen LogP contribution in [0, 0.1) is 0 Å². The van der Waals surface area contributed by atoms with Crippen LogP contribution in [0.4, 0.5) is 5.69 Å². The van der Waals surface area contributed by atoms with E-state index >= 15 is 0 Å². The summed E-state index contributed by atoms with van der Waals surface area (Å²) in [5.41, 5.74) is 8.87. The fourth-order valence-corrected chi connectivity index (χ4v) is 2.83. The minimum atomic E-state index is -0.247. The van der Waals surface area contributed by atoms with Gasteiger partial charge in [0.2, 0.25) is 0 Å². The molecule has 122 valence electrons. The monoisotopic (exact) mass is 331 g/mol. The van der Waals surface area contributed by atoms with Gasteiger partial charge in [0.1, 0.15) is 0 Å². The number of amidine groups is 1. The third kappa shape index (κ3) is 4.56. The maximum atomic E-state index is 12.1. The van der Waals surface area contributed by atoms with Crippen LogP contribution >= 0.6 is 11.3 Å². The maximum absolute atomic E-state index is 12.1. The average molecular weight is 331 g/mol. The van der Waals surface area contributed by atoms with Gasteiger partial charge >= 0.3 is 0 Å². The molecule has 3 N–H and O–H groups in total. The molecule has 2 aromatic rings. The van der Waals surface area contributed by atoms with Crippen LogP contribution in [0.2, 0.25) is 0 Å². The molecule has 1 heterocycles. The number of hydrogen-bond donors (Lipinski definition) is 2. The SMILES string of the molecule is CCc1cccc(CC)c1NC(=O)CO/N=C(\N)c1cccs1. The van der Waals surface area contributed by atoms with Gasteiger partial charge in [-0.1, -0.05) is 43.3 Å². The number of anilines is 1. The van der Waals surface area contributed by atoms with Gasteiger partial charge in [0.05, 0.1) is 4.88 Å². The molecule has 0 aliphatic rings. The number of benzene rings is 1. The Morgan fingerprint density at radius 1 is 1.22 bits per heavy atom. The van der Waals surface area contributed by atoms with Crippen molar-refractivity contribution in [2.24, 2.45) is 10.9 Å². The van der Waals surface area contributed by atoms with Gasteiger partial charge < -0.3 is 15.9 Å². The van der Waals surface area contributed by atoms with Gasteiger partial charge in [-0.15, -0.1) is 11.3 Å². The van der Waals surface area contributed by atoms with Crippen molar-refractivity contribution >= 4 is 28.8 Å². The summed E-state index contributed by atoms with van der Waals surface area (Å²) in [6, 6.07) is 9.77. The van der Waals surface area contributed by atoms with Crippen molar-refractivity contribution in [2.75, 3.05) is 11.9 Å². The molecular weight excluding hydrogens is 310 g/mol. The largest absolute Gasteiger partial charge is 0.384 e. The lowest BCUT2D eigenvalue weighted by Crippen LogP contribution is -2.20. The number of oxime groups is 1. The molecule has 0 saturated heterocycles. The normalized spacial score (nSPS) is 11.3. The van der Waals surface area contributed by atoms with Crippen molar-refractivity contribution in [3.63, 3.8) is 0 Å². The number of para-hydroxylation sites is 1. The Balaban J connectivity index is 1.96. The molecule has 1 amide bonds. The second-order valence-corrected chi connectivity index (χ2v) is 5.88. The van der Waals surface area contributed by atoms with E-state index in [9.17, 15) is 4.79 Å². The van der Waals surface area contributed by atoms with Gasteiger partial charge in [0, 0.05) is 5.69 Å². The van der Waals surface area contributed by atoms with Crippen LogP contribution in [0.5, 0.6) is 0 Å². The summed E-state index contributed by atoms with van der Waals surface area (Å²) >= 11 is 1.47. The second kappa shape index (κ2) is 8.33. The first kappa shape index (κ1) is 17.0. The molecule has 0 fully saturated rings. The summed E-state index contributed by atoms with van der Waals surface area (Å²) in [6.45, 7) is 3.95. The van der Waals surface area contributed by atoms with Crippen LogP contribution in [0.1, 0.15) is 29.9 Å². The fourth-order valence-electron chi connectivity index (χ4n) is 2.21. The van der Waals surface area contributed by atoms with Crippen molar-refractivity contribution in [3.8, 4) is 0 Å². The highest BCUT2D eigenvalue weighted by atomic mass is 32.1. The van der Waals surface area contributed by atoms with E-state index < -0.39 is 0 Å². The summed E-state index contributed by atoms with van der Waals surface area (Å²) in [5.74, 6) is 0.0272. The predicted octanol–water partition coefficient (Wildman–Crippen LogP) is 3.15. The fraction of sp³-hybridized carbons (Fsp3) is 0.294. The van der Waals surface area contributed by atoms with Crippen LogP contribution in [0.3, 0.4) is 0 Å². The van der Waals surface area contributed by atoms with Crippen molar-refractivity contribution < 1.29 is 9.63 Å². The molecule has 0 radical (unpaired) electrons. The molecule has 23 heavy (non-hydrogen) atoms. The molecule has 2 rings (SSSR count). The van der Waals surface area contributed by atoms with Crippen molar-refractivity contribution in [1.29, 1.82) is 0 Å². The third-order valence-corrected chi connectivity index (χ3v) is 4.29. The zero-order chi connectivity index (χ0) is 16.7. The van der Waals surface area contributed by atoms with E-state index in [0.717, 1.165) is 34.5 Å². The number of nitrogens with one attached hydrogen (secondary N) is 1. The number of nitrogens with two attached hydrogens (primary N) is 1. The second-order valence-electron chi connectivity index (χ2n) is 4.93. The lowest BCUT2D eigenvalue weighted by molar-refractivity contribution is -0.120. The Bertz CT molecular complexity index is 659. The minimum Gasteiger partial charge on any atom is -0.384 e. The zero-order valence-electron chi connectivity index (χ0n) is 13.3. The number of amides is 1. The lowest BCUT2D eigenvalue weighted by atomic mass is 10.0. The number of thiophene rings is 1. The van der Waals surface area contributed by atoms with E-state index in [1.807, 2.05) is 35.7 Å². The van der Waals surface area contributed by atoms with Crippen LogP contribution < -0.4 is 11.1 Å². The van der Waals surface area contributed by atoms with Crippen LogP contribution in [-0.2, 0) is 22.5 Å². The highest BCUT2D eigenvalue weighted by molar-refractivity contribution is 7.12. The Morgan fingerprint density at radius 3 is 2.48 bits per heavy atom. The Kier molecular flexibility index (Phi) is 6.17. The van der Waals surface area contributed by atoms with Gasteiger partial charge in [-0.05, 0) is 35.4 Å². The Labute approximate surface area is 140 Å². The summed E-state index contributed by atoms with van der Waals surface area (Å²) in [6.07, 6.45) is 1.71. The number of nitrogens with zero attached hydrogens (tertiary/aromatic N) is 1. The number of carbonyl (C=O) groups excluding carboxylic acids is 1. The molecule has 1 aromatic carbocycles. The van der Waals surface area contributed by atoms with Crippen LogP contribution in [0.15, 0.2) is 40.9 Å². The molecule has 0 aliphatic carbocycles. The molecule has 6 heteroatoms. The van der Waals surface area contributed by atoms with Gasteiger partial charge in [0.15, 0.2) is 12.4 Å². The number of carbonyl (C=O) groups is 1. The molecule has 0 saturated carbocycles. The highest BCUT2D eigenvalue weighted by Gasteiger charge is 2.10. The standard InChI is InChI=1S/C17H21N3O2S/c1-3-12-7-5-8-13(4-2)16(12)19-15(21)11-22-20-17(18)14-9-6-10-23-14/h5-10H,3-4,11H2,1-2H3,(H2,18,20)(H,19,21). The molecule has 0 unspecified atom stereocenters. The minimum absolute atomic E-state index is 0.173. The molecule has 0 atom stereocenters. The molecule has 0 spiro atoms. The van der Waals surface area contributed by atoms with E-state index in [2.05, 4.69) is 24.3 Å². The van der Waals surface area contributed by atoms with E-state index in [1.54, 1.807) is 0 Å². The number of aryl methyl sites for hydroxylation is 2. The van der Waals surface area contributed by atoms with Gasteiger partial charge in [-0.25, -0.2) is 0 Å². The van der Waals surface area contributed by atoms with Gasteiger partial charge in [-0.3, -0.25) is 4.79 Å². The predicted molar refractivity (Wildman–Crippen MR) is 94.8 cm³/mol. The van der Waals surface area contributed by atoms with E-state index in [4.69, 9.17) is 10.6 Å². The molecule has 1 aromatic heterocycles. The smallest absolute Gasteiger partial charge is 0.265 e. The first-order valence-electron chi connectivity index (χ1n) is 7.55. The first-order valence-corrected chi connectivity index (χ1v) is 8.43. The van der Waals surface area contributed by atoms with Crippen molar-refractivity contribution in [1.82, 2.24) is 0 Å². The summed E-state index contributed by atoms with van der Waals surface area (Å²) in [7, 11) is 0. The topological polar surface area (TPSA) is 76.7 Å². The summed E-state index contributed by atoms with van der Waals surface area (Å²) in [5, 5.41) is 8.60. The summed E-state index contributed by atoms with van der Waals surface area (Å²) < 4.78 is 0. The average Bonchev–Trinajstić information content (AvgIpc) is 3.09. The van der Waals surface area contributed by atoms with Crippen molar-refractivity contribution in [2.45, 2.75) is 26.7 Å². The number of hydrogen-bond acceptors (Lipinski definition) is 4. The Hall–Kier alpha value is -2.34. The maximum Gasteiger partial charge on any atom is 0.265 e. The van der Waals surface area contributed by atoms with Gasteiger partial charge in [-0.2, -0.15) is 0 Å². The zero-order valence-corrected chi connectivity index (χ0v) is 14.2. The van der Waals surface area contributed by atoms with E-state index in [0.29, 0.717) is 0 Å². The number of rotatable bonds is 7. The quantitative estimate of drug-likeness (QED) is 0.465. The first-order chi connectivity index (χ1) is 11.2. The summed E-state index contributed by atoms with van der Waals surface area (Å²) in [4.78, 5) is 17.9. The molecule has 0 aliphatic heterocycles. The Morgan fingerprint density at radius 2 is 1.91 bits per heavy atom.